The highest BCUT2D eigenvalue weighted by Gasteiger charge is 2.32. The summed E-state index contributed by atoms with van der Waals surface area (Å²) in [6, 6.07) is 3.81. The van der Waals surface area contributed by atoms with Crippen LogP contribution in [0.4, 0.5) is 0 Å². The van der Waals surface area contributed by atoms with Gasteiger partial charge in [0.15, 0.2) is 22.9 Å². The summed E-state index contributed by atoms with van der Waals surface area (Å²) in [5, 5.41) is 12.6. The van der Waals surface area contributed by atoms with Gasteiger partial charge >= 0.3 is 0 Å². The topological polar surface area (TPSA) is 62.6 Å². The Kier molecular flexibility index (Phi) is 3.45. The molecule has 3 heterocycles. The fraction of sp³-hybridized carbons (Fsp3) is 0.278. The van der Waals surface area contributed by atoms with Crippen LogP contribution in [-0.4, -0.2) is 29.7 Å². The molecule has 0 fully saturated rings. The van der Waals surface area contributed by atoms with Gasteiger partial charge < -0.3 is 23.7 Å². The van der Waals surface area contributed by atoms with Gasteiger partial charge in [0.2, 0.25) is 6.21 Å². The Morgan fingerprint density at radius 2 is 2.17 bits per heavy atom. The maximum Gasteiger partial charge on any atom is 0.208 e. The zero-order valence-corrected chi connectivity index (χ0v) is 13.6. The van der Waals surface area contributed by atoms with Crippen LogP contribution < -0.4 is 9.47 Å². The lowest BCUT2D eigenvalue weighted by Gasteiger charge is -2.21. The molecule has 6 heteroatoms. The third-order valence-corrected chi connectivity index (χ3v) is 4.55. The van der Waals surface area contributed by atoms with Gasteiger partial charge in [0.1, 0.15) is 5.76 Å². The van der Waals surface area contributed by atoms with Gasteiger partial charge in [0, 0.05) is 12.6 Å². The minimum atomic E-state index is 0.0620. The molecule has 2 aromatic rings. The molecule has 0 saturated heterocycles. The number of rotatable bonds is 3. The van der Waals surface area contributed by atoms with Crippen molar-refractivity contribution in [2.24, 2.45) is 5.92 Å². The van der Waals surface area contributed by atoms with Crippen LogP contribution in [0.5, 0.6) is 11.5 Å². The van der Waals surface area contributed by atoms with E-state index in [9.17, 15) is 5.21 Å². The molecule has 2 aliphatic rings. The second-order valence-corrected chi connectivity index (χ2v) is 5.89. The second-order valence-electron chi connectivity index (χ2n) is 5.89. The predicted octanol–water partition coefficient (Wildman–Crippen LogP) is 3.03. The van der Waals surface area contributed by atoms with Gasteiger partial charge in [-0.25, -0.2) is 0 Å². The average Bonchev–Trinajstić information content (AvgIpc) is 3.20. The average molecular weight is 326 g/mol. The molecule has 0 amide bonds. The van der Waals surface area contributed by atoms with Crippen LogP contribution >= 0.6 is 0 Å². The molecule has 6 nitrogen and oxygen atoms in total. The number of methoxy groups -OCH3 is 2. The lowest BCUT2D eigenvalue weighted by Crippen LogP contribution is -2.18. The number of furan rings is 1. The lowest BCUT2D eigenvalue weighted by molar-refractivity contribution is -0.404. The summed E-state index contributed by atoms with van der Waals surface area (Å²) in [5.41, 5.74) is 2.56. The molecule has 0 radical (unpaired) electrons. The summed E-state index contributed by atoms with van der Waals surface area (Å²) in [5.74, 6) is 2.12. The smallest absolute Gasteiger partial charge is 0.208 e. The summed E-state index contributed by atoms with van der Waals surface area (Å²) in [6.45, 7) is 0.675. The number of hydrogen-bond donors (Lipinski definition) is 0. The maximum atomic E-state index is 12.6. The second kappa shape index (κ2) is 5.63. The minimum Gasteiger partial charge on any atom is -0.618 e. The molecular formula is C18H18N2O4. The first-order chi connectivity index (χ1) is 11.7. The van der Waals surface area contributed by atoms with Gasteiger partial charge in [-0.05, 0) is 30.2 Å². The molecule has 0 saturated carbocycles. The van der Waals surface area contributed by atoms with E-state index in [0.29, 0.717) is 18.0 Å². The van der Waals surface area contributed by atoms with Gasteiger partial charge in [0.05, 0.1) is 32.6 Å². The summed E-state index contributed by atoms with van der Waals surface area (Å²) < 4.78 is 19.2. The molecule has 0 aromatic carbocycles. The van der Waals surface area contributed by atoms with Crippen molar-refractivity contribution in [2.75, 3.05) is 14.2 Å². The van der Waals surface area contributed by atoms with Crippen LogP contribution in [-0.2, 0) is 6.54 Å². The zero-order chi connectivity index (χ0) is 16.7. The number of nitrogens with zero attached hydrogens (tertiary/aromatic N) is 2. The highest BCUT2D eigenvalue weighted by molar-refractivity contribution is 5.81. The standard InChI is InChI=1S/C18H18N2O4/c1-22-17-11-19-9-13-8-12(16-4-3-7-24-16)5-6-14(13)20(21)10-15(19)18(17)23-2/h3-7,10-11,13H,8-9H2,1-2H3/t13-/m0/s1. The van der Waals surface area contributed by atoms with Crippen molar-refractivity contribution < 1.29 is 18.6 Å². The van der Waals surface area contributed by atoms with Crippen molar-refractivity contribution in [3.05, 3.63) is 59.1 Å². The van der Waals surface area contributed by atoms with Crippen molar-refractivity contribution in [3.8, 4) is 11.5 Å². The van der Waals surface area contributed by atoms with Crippen molar-refractivity contribution in [2.45, 2.75) is 13.0 Å². The number of hydroxylamine groups is 1. The van der Waals surface area contributed by atoms with E-state index in [0.717, 1.165) is 33.9 Å². The van der Waals surface area contributed by atoms with Gasteiger partial charge in [-0.3, -0.25) is 0 Å². The first-order valence-electron chi connectivity index (χ1n) is 7.78. The van der Waals surface area contributed by atoms with Crippen LogP contribution in [0.3, 0.4) is 0 Å². The number of fused-ring (bicyclic) bond motifs is 2. The Hall–Kier alpha value is -2.89. The SMILES string of the molecule is COc1cn2c(c1OC)C=[N+]([O-])C1=CC=C(c3ccco3)C[C@H]1C2. The number of hydrogen-bond acceptors (Lipinski definition) is 4. The quantitative estimate of drug-likeness (QED) is 0.642. The highest BCUT2D eigenvalue weighted by Crippen LogP contribution is 2.38. The molecule has 1 aliphatic carbocycles. The highest BCUT2D eigenvalue weighted by atomic mass is 16.5. The molecule has 4 rings (SSSR count). The van der Waals surface area contributed by atoms with Crippen LogP contribution in [0, 0.1) is 11.1 Å². The minimum absolute atomic E-state index is 0.0620. The molecule has 124 valence electrons. The molecule has 2 aromatic heterocycles. The van der Waals surface area contributed by atoms with Crippen molar-refractivity contribution in [3.63, 3.8) is 0 Å². The van der Waals surface area contributed by atoms with Gasteiger partial charge in [0.25, 0.3) is 0 Å². The molecule has 0 spiro atoms. The van der Waals surface area contributed by atoms with E-state index >= 15 is 0 Å². The number of allylic oxidation sites excluding steroid dienone is 4. The third kappa shape index (κ3) is 2.22. The van der Waals surface area contributed by atoms with E-state index in [2.05, 4.69) is 0 Å². The van der Waals surface area contributed by atoms with E-state index in [1.165, 1.54) is 0 Å². The van der Waals surface area contributed by atoms with E-state index in [1.807, 2.05) is 35.0 Å². The molecular weight excluding hydrogens is 308 g/mol. The van der Waals surface area contributed by atoms with E-state index in [4.69, 9.17) is 13.9 Å². The summed E-state index contributed by atoms with van der Waals surface area (Å²) in [6.07, 6.45) is 9.68. The number of ether oxygens (including phenoxy) is 2. The Balaban J connectivity index is 1.76. The Morgan fingerprint density at radius 3 is 2.88 bits per heavy atom. The third-order valence-electron chi connectivity index (χ3n) is 4.55. The van der Waals surface area contributed by atoms with Crippen LogP contribution in [0.2, 0.25) is 0 Å². The molecule has 0 unspecified atom stereocenters. The monoisotopic (exact) mass is 326 g/mol. The molecule has 0 N–H and O–H groups in total. The Morgan fingerprint density at radius 1 is 1.29 bits per heavy atom. The zero-order valence-electron chi connectivity index (χ0n) is 13.6. The summed E-state index contributed by atoms with van der Waals surface area (Å²) >= 11 is 0. The summed E-state index contributed by atoms with van der Waals surface area (Å²) in [4.78, 5) is 0. The summed E-state index contributed by atoms with van der Waals surface area (Å²) in [7, 11) is 3.17. The Labute approximate surface area is 139 Å². The molecule has 0 bridgehead atoms. The first-order valence-corrected chi connectivity index (χ1v) is 7.78. The van der Waals surface area contributed by atoms with E-state index in [-0.39, 0.29) is 5.92 Å². The lowest BCUT2D eigenvalue weighted by atomic mass is 9.90. The van der Waals surface area contributed by atoms with Crippen molar-refractivity contribution >= 4 is 11.8 Å². The molecule has 1 aliphatic heterocycles. The van der Waals surface area contributed by atoms with Gasteiger partial charge in [-0.15, -0.1) is 0 Å². The predicted molar refractivity (Wildman–Crippen MR) is 89.2 cm³/mol. The largest absolute Gasteiger partial charge is 0.618 e. The Bertz CT molecular complexity index is 856. The van der Waals surface area contributed by atoms with Crippen molar-refractivity contribution in [1.82, 2.24) is 4.57 Å². The van der Waals surface area contributed by atoms with Gasteiger partial charge in [-0.2, -0.15) is 4.74 Å². The fourth-order valence-electron chi connectivity index (χ4n) is 3.40. The van der Waals surface area contributed by atoms with E-state index < -0.39 is 0 Å². The van der Waals surface area contributed by atoms with Crippen LogP contribution in [0.25, 0.3) is 5.57 Å². The van der Waals surface area contributed by atoms with E-state index in [1.54, 1.807) is 26.7 Å². The fourth-order valence-corrected chi connectivity index (χ4v) is 3.40. The number of aromatic nitrogens is 1. The van der Waals surface area contributed by atoms with Crippen LogP contribution in [0.15, 0.2) is 46.9 Å². The van der Waals surface area contributed by atoms with Crippen LogP contribution in [0.1, 0.15) is 17.9 Å². The molecule has 1 atom stereocenters. The van der Waals surface area contributed by atoms with Gasteiger partial charge in [-0.1, -0.05) is 0 Å². The normalized spacial score (nSPS) is 19.4. The maximum absolute atomic E-state index is 12.6. The van der Waals surface area contributed by atoms with Crippen molar-refractivity contribution in [1.29, 1.82) is 0 Å². The molecule has 24 heavy (non-hydrogen) atoms. The first kappa shape index (κ1) is 14.7.